The summed E-state index contributed by atoms with van der Waals surface area (Å²) in [6.07, 6.45) is 1.59. The molecule has 0 radical (unpaired) electrons. The normalized spacial score (nSPS) is 16.0. The van der Waals surface area contributed by atoms with Gasteiger partial charge in [0.2, 0.25) is 0 Å². The van der Waals surface area contributed by atoms with E-state index in [1.54, 1.807) is 16.9 Å². The zero-order valence-electron chi connectivity index (χ0n) is 7.42. The van der Waals surface area contributed by atoms with Crippen LogP contribution in [0.4, 0.5) is 4.39 Å². The minimum absolute atomic E-state index is 0.0152. The van der Waals surface area contributed by atoms with E-state index >= 15 is 0 Å². The van der Waals surface area contributed by atoms with Crippen LogP contribution < -0.4 is 5.73 Å². The van der Waals surface area contributed by atoms with Crippen molar-refractivity contribution in [2.45, 2.75) is 26.1 Å². The Morgan fingerprint density at radius 2 is 2.42 bits per heavy atom. The summed E-state index contributed by atoms with van der Waals surface area (Å²) in [7, 11) is 0. The van der Waals surface area contributed by atoms with Crippen LogP contribution in [-0.4, -0.2) is 16.3 Å². The molecule has 0 aliphatic carbocycles. The Bertz CT molecular complexity index is 255. The van der Waals surface area contributed by atoms with Crippen molar-refractivity contribution in [1.82, 2.24) is 9.78 Å². The lowest BCUT2D eigenvalue weighted by Gasteiger charge is -2.18. The monoisotopic (exact) mass is 171 g/mol. The maximum absolute atomic E-state index is 13.6. The number of aryl methyl sites for hydroxylation is 1. The third-order valence-electron chi connectivity index (χ3n) is 1.93. The smallest absolute Gasteiger partial charge is 0.161 e. The summed E-state index contributed by atoms with van der Waals surface area (Å²) >= 11 is 0. The molecular formula is C8H14FN3. The van der Waals surface area contributed by atoms with Crippen LogP contribution in [0, 0.1) is 0 Å². The van der Waals surface area contributed by atoms with Gasteiger partial charge in [-0.2, -0.15) is 5.10 Å². The molecule has 12 heavy (non-hydrogen) atoms. The highest BCUT2D eigenvalue weighted by Gasteiger charge is 2.27. The zero-order chi connectivity index (χ0) is 9.19. The van der Waals surface area contributed by atoms with E-state index in [9.17, 15) is 4.39 Å². The lowest BCUT2D eigenvalue weighted by Crippen LogP contribution is -2.29. The first-order valence-electron chi connectivity index (χ1n) is 4.03. The van der Waals surface area contributed by atoms with Crippen LogP contribution in [0.1, 0.15) is 19.5 Å². The van der Waals surface area contributed by atoms with E-state index in [1.807, 2.05) is 6.92 Å². The molecule has 1 atom stereocenters. The number of alkyl halides is 1. The molecular weight excluding hydrogens is 157 g/mol. The molecule has 2 N–H and O–H groups in total. The van der Waals surface area contributed by atoms with Gasteiger partial charge in [-0.05, 0) is 19.9 Å². The second-order valence-corrected chi connectivity index (χ2v) is 2.93. The van der Waals surface area contributed by atoms with Gasteiger partial charge < -0.3 is 5.73 Å². The van der Waals surface area contributed by atoms with Crippen molar-refractivity contribution < 1.29 is 4.39 Å². The maximum atomic E-state index is 13.6. The molecule has 0 saturated carbocycles. The summed E-state index contributed by atoms with van der Waals surface area (Å²) < 4.78 is 15.3. The lowest BCUT2D eigenvalue weighted by atomic mass is 10.1. The Labute approximate surface area is 71.4 Å². The molecule has 1 rings (SSSR count). The van der Waals surface area contributed by atoms with Crippen molar-refractivity contribution in [3.63, 3.8) is 0 Å². The van der Waals surface area contributed by atoms with Crippen molar-refractivity contribution in [3.8, 4) is 0 Å². The predicted molar refractivity (Wildman–Crippen MR) is 45.4 cm³/mol. The van der Waals surface area contributed by atoms with Crippen LogP contribution in [-0.2, 0) is 12.2 Å². The van der Waals surface area contributed by atoms with Crippen LogP contribution in [0.5, 0.6) is 0 Å². The van der Waals surface area contributed by atoms with Gasteiger partial charge >= 0.3 is 0 Å². The second kappa shape index (κ2) is 3.23. The van der Waals surface area contributed by atoms with Gasteiger partial charge in [0.1, 0.15) is 0 Å². The first-order valence-corrected chi connectivity index (χ1v) is 4.03. The maximum Gasteiger partial charge on any atom is 0.161 e. The summed E-state index contributed by atoms with van der Waals surface area (Å²) in [6.45, 7) is 4.04. The molecule has 1 aromatic rings. The van der Waals surface area contributed by atoms with Crippen LogP contribution in [0.2, 0.25) is 0 Å². The molecule has 1 unspecified atom stereocenters. The first kappa shape index (κ1) is 9.19. The highest BCUT2D eigenvalue weighted by molar-refractivity contribution is 5.11. The molecule has 0 spiro atoms. The van der Waals surface area contributed by atoms with Crippen molar-refractivity contribution in [1.29, 1.82) is 0 Å². The van der Waals surface area contributed by atoms with Crippen LogP contribution in [0.3, 0.4) is 0 Å². The van der Waals surface area contributed by atoms with Gasteiger partial charge in [0, 0.05) is 19.3 Å². The fraction of sp³-hybridized carbons (Fsp3) is 0.625. The largest absolute Gasteiger partial charge is 0.327 e. The van der Waals surface area contributed by atoms with Gasteiger partial charge in [0.25, 0.3) is 0 Å². The number of nitrogens with two attached hydrogens (primary N) is 1. The Hall–Kier alpha value is -0.900. The number of aromatic nitrogens is 2. The Morgan fingerprint density at radius 1 is 1.75 bits per heavy atom. The summed E-state index contributed by atoms with van der Waals surface area (Å²) in [5.41, 5.74) is 4.39. The molecule has 0 aliphatic heterocycles. The van der Waals surface area contributed by atoms with Crippen LogP contribution in [0.25, 0.3) is 0 Å². The van der Waals surface area contributed by atoms with Gasteiger partial charge in [-0.15, -0.1) is 0 Å². The Kier molecular flexibility index (Phi) is 2.47. The number of hydrogen-bond donors (Lipinski definition) is 1. The number of nitrogens with zero attached hydrogens (tertiary/aromatic N) is 2. The van der Waals surface area contributed by atoms with Crippen molar-refractivity contribution in [2.24, 2.45) is 5.73 Å². The van der Waals surface area contributed by atoms with Crippen molar-refractivity contribution in [2.75, 3.05) is 6.54 Å². The molecule has 0 fully saturated rings. The molecule has 4 heteroatoms. The van der Waals surface area contributed by atoms with Gasteiger partial charge in [0.05, 0.1) is 5.69 Å². The third-order valence-corrected chi connectivity index (χ3v) is 1.93. The minimum atomic E-state index is -1.47. The van der Waals surface area contributed by atoms with E-state index in [0.29, 0.717) is 12.2 Å². The van der Waals surface area contributed by atoms with Gasteiger partial charge in [-0.25, -0.2) is 4.39 Å². The van der Waals surface area contributed by atoms with Crippen molar-refractivity contribution in [3.05, 3.63) is 18.0 Å². The average molecular weight is 171 g/mol. The topological polar surface area (TPSA) is 43.8 Å². The standard InChI is InChI=1S/C8H14FN3/c1-3-12-7(4-5-11-12)8(2,9)6-10/h4-5H,3,6,10H2,1-2H3. The number of rotatable bonds is 3. The lowest BCUT2D eigenvalue weighted by molar-refractivity contribution is 0.187. The Morgan fingerprint density at radius 3 is 2.92 bits per heavy atom. The molecule has 0 bridgehead atoms. The van der Waals surface area contributed by atoms with Gasteiger partial charge in [0.15, 0.2) is 5.67 Å². The predicted octanol–water partition coefficient (Wildman–Crippen LogP) is 1.05. The highest BCUT2D eigenvalue weighted by Crippen LogP contribution is 2.23. The summed E-state index contributed by atoms with van der Waals surface area (Å²) in [5.74, 6) is 0. The molecule has 1 heterocycles. The molecule has 0 aromatic carbocycles. The van der Waals surface area contributed by atoms with E-state index in [4.69, 9.17) is 5.73 Å². The number of halogens is 1. The quantitative estimate of drug-likeness (QED) is 0.738. The first-order chi connectivity index (χ1) is 5.61. The van der Waals surface area contributed by atoms with E-state index in [-0.39, 0.29) is 6.54 Å². The van der Waals surface area contributed by atoms with Crippen molar-refractivity contribution >= 4 is 0 Å². The number of hydrogen-bond acceptors (Lipinski definition) is 2. The molecule has 0 saturated heterocycles. The molecule has 3 nitrogen and oxygen atoms in total. The molecule has 68 valence electrons. The van der Waals surface area contributed by atoms with Gasteiger partial charge in [-0.3, -0.25) is 4.68 Å². The van der Waals surface area contributed by atoms with Crippen LogP contribution >= 0.6 is 0 Å². The highest BCUT2D eigenvalue weighted by atomic mass is 19.1. The Balaban J connectivity index is 3.00. The summed E-state index contributed by atoms with van der Waals surface area (Å²) in [6, 6.07) is 1.66. The molecule has 0 amide bonds. The minimum Gasteiger partial charge on any atom is -0.327 e. The zero-order valence-corrected chi connectivity index (χ0v) is 7.42. The summed E-state index contributed by atoms with van der Waals surface area (Å²) in [5, 5.41) is 3.97. The fourth-order valence-electron chi connectivity index (χ4n) is 1.13. The average Bonchev–Trinajstić information content (AvgIpc) is 2.52. The van der Waals surface area contributed by atoms with E-state index < -0.39 is 5.67 Å². The van der Waals surface area contributed by atoms with E-state index in [1.165, 1.54) is 6.92 Å². The second-order valence-electron chi connectivity index (χ2n) is 2.93. The van der Waals surface area contributed by atoms with E-state index in [2.05, 4.69) is 5.10 Å². The molecule has 1 aromatic heterocycles. The van der Waals surface area contributed by atoms with Gasteiger partial charge in [-0.1, -0.05) is 0 Å². The SMILES string of the molecule is CCn1nccc1C(C)(F)CN. The van der Waals surface area contributed by atoms with E-state index in [0.717, 1.165) is 0 Å². The fourth-order valence-corrected chi connectivity index (χ4v) is 1.13. The summed E-state index contributed by atoms with van der Waals surface area (Å²) in [4.78, 5) is 0. The third kappa shape index (κ3) is 1.48. The van der Waals surface area contributed by atoms with Crippen LogP contribution in [0.15, 0.2) is 12.3 Å². The molecule has 0 aliphatic rings.